The van der Waals surface area contributed by atoms with Gasteiger partial charge in [0.1, 0.15) is 0 Å². The molecule has 16 heavy (non-hydrogen) atoms. The summed E-state index contributed by atoms with van der Waals surface area (Å²) >= 11 is 1.95. The van der Waals surface area contributed by atoms with Crippen LogP contribution in [0.5, 0.6) is 0 Å². The van der Waals surface area contributed by atoms with Gasteiger partial charge in [-0.05, 0) is 38.4 Å². The Labute approximate surface area is 104 Å². The molecule has 0 spiro atoms. The fourth-order valence-corrected chi connectivity index (χ4v) is 2.88. The van der Waals surface area contributed by atoms with E-state index >= 15 is 0 Å². The Kier molecular flexibility index (Phi) is 5.93. The van der Waals surface area contributed by atoms with Crippen LogP contribution in [0.3, 0.4) is 0 Å². The molecule has 1 atom stereocenters. The number of nitrogens with one attached hydrogen (secondary N) is 1. The van der Waals surface area contributed by atoms with Crippen LogP contribution < -0.4 is 5.32 Å². The van der Waals surface area contributed by atoms with Crippen LogP contribution in [0.4, 0.5) is 0 Å². The lowest BCUT2D eigenvalue weighted by Gasteiger charge is -2.17. The van der Waals surface area contributed by atoms with Gasteiger partial charge in [0.05, 0.1) is 0 Å². The minimum absolute atomic E-state index is 0.616. The quantitative estimate of drug-likeness (QED) is 0.757. The Hall–Kier alpha value is -0.470. The highest BCUT2D eigenvalue weighted by Gasteiger charge is 2.08. The normalized spacial score (nSPS) is 13.1. The average Bonchev–Trinajstić information content (AvgIpc) is 2.24. The number of rotatable bonds is 6. The predicted octanol–water partition coefficient (Wildman–Crippen LogP) is 3.72. The first-order valence-electron chi connectivity index (χ1n) is 5.98. The molecule has 1 nitrogen and oxygen atoms in total. The highest BCUT2D eigenvalue weighted by Crippen LogP contribution is 2.21. The summed E-state index contributed by atoms with van der Waals surface area (Å²) in [6.07, 6.45) is 1.25. The van der Waals surface area contributed by atoms with Crippen LogP contribution in [0.2, 0.25) is 0 Å². The van der Waals surface area contributed by atoms with Crippen LogP contribution in [0.25, 0.3) is 0 Å². The van der Waals surface area contributed by atoms with Gasteiger partial charge in [-0.2, -0.15) is 0 Å². The number of thioether (sulfide) groups is 1. The van der Waals surface area contributed by atoms with Crippen molar-refractivity contribution in [3.8, 4) is 0 Å². The summed E-state index contributed by atoms with van der Waals surface area (Å²) in [7, 11) is 2.06. The summed E-state index contributed by atoms with van der Waals surface area (Å²) < 4.78 is 0. The molecule has 1 N–H and O–H groups in total. The highest BCUT2D eigenvalue weighted by atomic mass is 32.2. The number of hydrogen-bond acceptors (Lipinski definition) is 2. The number of aryl methyl sites for hydroxylation is 1. The van der Waals surface area contributed by atoms with Crippen molar-refractivity contribution in [2.45, 2.75) is 38.1 Å². The molecule has 1 rings (SSSR count). The van der Waals surface area contributed by atoms with Crippen LogP contribution in [0.1, 0.15) is 25.8 Å². The second-order valence-electron chi connectivity index (χ2n) is 4.74. The van der Waals surface area contributed by atoms with Gasteiger partial charge in [-0.15, -0.1) is 11.8 Å². The van der Waals surface area contributed by atoms with Crippen LogP contribution >= 0.6 is 11.8 Å². The lowest BCUT2D eigenvalue weighted by Crippen LogP contribution is -2.29. The van der Waals surface area contributed by atoms with Gasteiger partial charge in [0, 0.05) is 16.7 Å². The lowest BCUT2D eigenvalue weighted by molar-refractivity contribution is 0.474. The summed E-state index contributed by atoms with van der Waals surface area (Å²) in [6, 6.07) is 9.35. The zero-order valence-corrected chi connectivity index (χ0v) is 11.6. The SMILES string of the molecule is CNC(CSc1cccc(C)c1)CC(C)C. The molecule has 0 saturated carbocycles. The van der Waals surface area contributed by atoms with Crippen molar-refractivity contribution in [3.05, 3.63) is 29.8 Å². The summed E-state index contributed by atoms with van der Waals surface area (Å²) in [6.45, 7) is 6.71. The second-order valence-corrected chi connectivity index (χ2v) is 5.84. The van der Waals surface area contributed by atoms with Gasteiger partial charge in [0.15, 0.2) is 0 Å². The van der Waals surface area contributed by atoms with E-state index in [-0.39, 0.29) is 0 Å². The van der Waals surface area contributed by atoms with E-state index in [0.717, 1.165) is 11.7 Å². The third kappa shape index (κ3) is 5.04. The van der Waals surface area contributed by atoms with E-state index in [2.05, 4.69) is 57.4 Å². The topological polar surface area (TPSA) is 12.0 Å². The molecule has 90 valence electrons. The average molecular weight is 237 g/mol. The maximum absolute atomic E-state index is 3.40. The maximum atomic E-state index is 3.40. The molecule has 1 aromatic carbocycles. The minimum Gasteiger partial charge on any atom is -0.316 e. The van der Waals surface area contributed by atoms with Crippen molar-refractivity contribution < 1.29 is 0 Å². The minimum atomic E-state index is 0.616. The molecule has 0 aliphatic carbocycles. The zero-order valence-electron chi connectivity index (χ0n) is 10.8. The second kappa shape index (κ2) is 6.97. The number of hydrogen-bond donors (Lipinski definition) is 1. The van der Waals surface area contributed by atoms with Gasteiger partial charge < -0.3 is 5.32 Å². The Bertz CT molecular complexity index is 309. The van der Waals surface area contributed by atoms with Crippen LogP contribution in [0.15, 0.2) is 29.2 Å². The van der Waals surface area contributed by atoms with Gasteiger partial charge in [0.2, 0.25) is 0 Å². The van der Waals surface area contributed by atoms with E-state index in [4.69, 9.17) is 0 Å². The first kappa shape index (κ1) is 13.6. The Balaban J connectivity index is 2.43. The molecule has 0 saturated heterocycles. The third-order valence-corrected chi connectivity index (χ3v) is 3.76. The summed E-state index contributed by atoms with van der Waals surface area (Å²) in [5.74, 6) is 1.91. The van der Waals surface area contributed by atoms with Crippen molar-refractivity contribution in [2.75, 3.05) is 12.8 Å². The molecular weight excluding hydrogens is 214 g/mol. The van der Waals surface area contributed by atoms with Crippen molar-refractivity contribution in [1.82, 2.24) is 5.32 Å². The largest absolute Gasteiger partial charge is 0.316 e. The van der Waals surface area contributed by atoms with E-state index < -0.39 is 0 Å². The first-order valence-corrected chi connectivity index (χ1v) is 6.97. The molecule has 0 aliphatic rings. The summed E-state index contributed by atoms with van der Waals surface area (Å²) in [5.41, 5.74) is 1.34. The van der Waals surface area contributed by atoms with Crippen LogP contribution in [-0.2, 0) is 0 Å². The molecule has 0 amide bonds. The Morgan fingerprint density at radius 2 is 2.06 bits per heavy atom. The van der Waals surface area contributed by atoms with E-state index in [1.54, 1.807) is 0 Å². The van der Waals surface area contributed by atoms with Gasteiger partial charge in [-0.3, -0.25) is 0 Å². The van der Waals surface area contributed by atoms with Crippen molar-refractivity contribution >= 4 is 11.8 Å². The van der Waals surface area contributed by atoms with Gasteiger partial charge >= 0.3 is 0 Å². The van der Waals surface area contributed by atoms with Crippen molar-refractivity contribution in [2.24, 2.45) is 5.92 Å². The summed E-state index contributed by atoms with van der Waals surface area (Å²) in [4.78, 5) is 1.38. The maximum Gasteiger partial charge on any atom is 0.0161 e. The van der Waals surface area contributed by atoms with Gasteiger partial charge in [-0.25, -0.2) is 0 Å². The molecule has 1 unspecified atom stereocenters. The Morgan fingerprint density at radius 1 is 1.31 bits per heavy atom. The molecular formula is C14H23NS. The smallest absolute Gasteiger partial charge is 0.0161 e. The summed E-state index contributed by atoms with van der Waals surface area (Å²) in [5, 5.41) is 3.40. The molecule has 2 heteroatoms. The monoisotopic (exact) mass is 237 g/mol. The molecule has 0 aromatic heterocycles. The fraction of sp³-hybridized carbons (Fsp3) is 0.571. The fourth-order valence-electron chi connectivity index (χ4n) is 1.74. The van der Waals surface area contributed by atoms with Crippen molar-refractivity contribution in [1.29, 1.82) is 0 Å². The van der Waals surface area contributed by atoms with Crippen LogP contribution in [0, 0.1) is 12.8 Å². The zero-order chi connectivity index (χ0) is 12.0. The van der Waals surface area contributed by atoms with Gasteiger partial charge in [0.25, 0.3) is 0 Å². The van der Waals surface area contributed by atoms with Crippen LogP contribution in [-0.4, -0.2) is 18.8 Å². The van der Waals surface area contributed by atoms with Crippen molar-refractivity contribution in [3.63, 3.8) is 0 Å². The Morgan fingerprint density at radius 3 is 2.62 bits per heavy atom. The van der Waals surface area contributed by atoms with E-state index in [1.165, 1.54) is 16.9 Å². The number of benzene rings is 1. The van der Waals surface area contributed by atoms with E-state index in [0.29, 0.717) is 6.04 Å². The third-order valence-electron chi connectivity index (χ3n) is 2.60. The predicted molar refractivity (Wildman–Crippen MR) is 74.2 cm³/mol. The highest BCUT2D eigenvalue weighted by molar-refractivity contribution is 7.99. The van der Waals surface area contributed by atoms with E-state index in [9.17, 15) is 0 Å². The molecule has 1 aromatic rings. The molecule has 0 aliphatic heterocycles. The molecule has 0 fully saturated rings. The lowest BCUT2D eigenvalue weighted by atomic mass is 10.1. The molecule has 0 heterocycles. The molecule has 0 bridgehead atoms. The van der Waals surface area contributed by atoms with E-state index in [1.807, 2.05) is 11.8 Å². The standard InChI is InChI=1S/C14H23NS/c1-11(2)8-13(15-4)10-16-14-7-5-6-12(3)9-14/h5-7,9,11,13,15H,8,10H2,1-4H3. The first-order chi connectivity index (χ1) is 7.61. The van der Waals surface area contributed by atoms with Gasteiger partial charge in [-0.1, -0.05) is 31.5 Å². The molecule has 0 radical (unpaired) electrons.